The van der Waals surface area contributed by atoms with E-state index in [9.17, 15) is 14.0 Å². The largest absolute Gasteiger partial charge is 0.496 e. The summed E-state index contributed by atoms with van der Waals surface area (Å²) in [5.74, 6) is 0.138. The molecular formula is C31H35FN2O7. The smallest absolute Gasteiger partial charge is 0.332 e. The summed E-state index contributed by atoms with van der Waals surface area (Å²) in [6, 6.07) is 13.5. The van der Waals surface area contributed by atoms with Crippen molar-refractivity contribution in [3.8, 4) is 28.4 Å². The van der Waals surface area contributed by atoms with Crippen LogP contribution in [0.5, 0.6) is 17.2 Å². The zero-order valence-corrected chi connectivity index (χ0v) is 24.0. The lowest BCUT2D eigenvalue weighted by atomic mass is 9.91. The number of rotatable bonds is 10. The molecule has 10 heteroatoms. The second kappa shape index (κ2) is 12.1. The number of benzene rings is 3. The molecule has 0 aliphatic carbocycles. The van der Waals surface area contributed by atoms with Gasteiger partial charge < -0.3 is 34.3 Å². The van der Waals surface area contributed by atoms with Gasteiger partial charge in [0.05, 0.1) is 18.5 Å². The van der Waals surface area contributed by atoms with Crippen LogP contribution in [0.1, 0.15) is 31.9 Å². The summed E-state index contributed by atoms with van der Waals surface area (Å²) in [7, 11) is 3.27. The van der Waals surface area contributed by atoms with Crippen molar-refractivity contribution in [2.45, 2.75) is 45.9 Å². The molecule has 2 N–H and O–H groups in total. The fourth-order valence-corrected chi connectivity index (χ4v) is 4.80. The number of carbonyl (C=O) groups excluding carboxylic acids is 2. The number of halogens is 1. The Hall–Kier alpha value is -4.31. The average Bonchev–Trinajstić information content (AvgIpc) is 2.94. The standard InChI is InChI=1S/C31H35FN2O7/c1-18-7-8-20(32)13-26(18)40-17-24-22(11-12-25-29(24)34(5)30(37)31(3,4)33-25)23-10-9-21(14-27(23)38-6)39-16-19(2)41-28(36)15-35/h7-14,19,33,35H,15-17H2,1-6H3/t19-/m0/s1. The van der Waals surface area contributed by atoms with Crippen molar-refractivity contribution in [3.63, 3.8) is 0 Å². The van der Waals surface area contributed by atoms with Gasteiger partial charge in [-0.1, -0.05) is 12.1 Å². The molecule has 1 atom stereocenters. The number of nitrogens with one attached hydrogen (secondary N) is 1. The number of carbonyl (C=O) groups is 2. The summed E-state index contributed by atoms with van der Waals surface area (Å²) in [6.07, 6.45) is -0.569. The van der Waals surface area contributed by atoms with Gasteiger partial charge in [0.25, 0.3) is 5.91 Å². The summed E-state index contributed by atoms with van der Waals surface area (Å²) in [5, 5.41) is 12.2. The molecule has 0 bridgehead atoms. The second-order valence-corrected chi connectivity index (χ2v) is 10.4. The molecule has 1 aliphatic rings. The van der Waals surface area contributed by atoms with Crippen LogP contribution >= 0.6 is 0 Å². The molecule has 9 nitrogen and oxygen atoms in total. The zero-order chi connectivity index (χ0) is 29.9. The van der Waals surface area contributed by atoms with Crippen molar-refractivity contribution in [1.29, 1.82) is 0 Å². The number of esters is 1. The Morgan fingerprint density at radius 1 is 1.07 bits per heavy atom. The van der Waals surface area contributed by atoms with Crippen molar-refractivity contribution < 1.29 is 38.0 Å². The van der Waals surface area contributed by atoms with Crippen molar-refractivity contribution in [2.24, 2.45) is 0 Å². The van der Waals surface area contributed by atoms with Crippen molar-refractivity contribution in [1.82, 2.24) is 0 Å². The Bertz CT molecular complexity index is 1460. The van der Waals surface area contributed by atoms with E-state index in [4.69, 9.17) is 24.1 Å². The Balaban J connectivity index is 1.74. The molecule has 0 radical (unpaired) electrons. The molecule has 0 spiro atoms. The predicted octanol–water partition coefficient (Wildman–Crippen LogP) is 4.86. The third kappa shape index (κ3) is 6.38. The van der Waals surface area contributed by atoms with E-state index in [0.717, 1.165) is 22.4 Å². The molecule has 1 amide bonds. The summed E-state index contributed by atoms with van der Waals surface area (Å²) in [4.78, 5) is 26.2. The number of amides is 1. The van der Waals surface area contributed by atoms with E-state index >= 15 is 0 Å². The van der Waals surface area contributed by atoms with Gasteiger partial charge in [0.15, 0.2) is 0 Å². The van der Waals surface area contributed by atoms with E-state index in [0.29, 0.717) is 28.5 Å². The maximum Gasteiger partial charge on any atom is 0.332 e. The summed E-state index contributed by atoms with van der Waals surface area (Å²) in [5.41, 5.74) is 3.58. The zero-order valence-electron chi connectivity index (χ0n) is 24.0. The van der Waals surface area contributed by atoms with Crippen LogP contribution in [0.3, 0.4) is 0 Å². The Kier molecular flexibility index (Phi) is 8.72. The van der Waals surface area contributed by atoms with Crippen LogP contribution in [-0.4, -0.2) is 56.0 Å². The maximum atomic E-state index is 14.0. The quantitative estimate of drug-likeness (QED) is 0.335. The minimum atomic E-state index is -0.806. The highest BCUT2D eigenvalue weighted by molar-refractivity contribution is 6.08. The van der Waals surface area contributed by atoms with Crippen LogP contribution in [0.4, 0.5) is 15.8 Å². The van der Waals surface area contributed by atoms with Gasteiger partial charge >= 0.3 is 5.97 Å². The van der Waals surface area contributed by atoms with Crippen LogP contribution in [0.2, 0.25) is 0 Å². The number of aliphatic hydroxyl groups excluding tert-OH is 1. The molecule has 3 aromatic rings. The molecule has 0 fully saturated rings. The fraction of sp³-hybridized carbons (Fsp3) is 0.355. The number of aliphatic hydroxyl groups is 1. The Morgan fingerprint density at radius 3 is 2.51 bits per heavy atom. The van der Waals surface area contributed by atoms with Crippen LogP contribution in [0, 0.1) is 12.7 Å². The van der Waals surface area contributed by atoms with E-state index in [2.05, 4.69) is 5.32 Å². The Labute approximate surface area is 238 Å². The first-order chi connectivity index (χ1) is 19.4. The monoisotopic (exact) mass is 566 g/mol. The SMILES string of the molecule is COc1cc(OC[C@H](C)OC(=O)CO)ccc1-c1ccc2c(c1COc1cc(F)ccc1C)N(C)C(=O)C(C)(C)N2. The topological polar surface area (TPSA) is 107 Å². The van der Waals surface area contributed by atoms with E-state index in [-0.39, 0.29) is 19.1 Å². The lowest BCUT2D eigenvalue weighted by molar-refractivity contribution is -0.152. The van der Waals surface area contributed by atoms with Gasteiger partial charge in [-0.15, -0.1) is 0 Å². The van der Waals surface area contributed by atoms with Gasteiger partial charge in [0.2, 0.25) is 0 Å². The minimum absolute atomic E-state index is 0.0532. The molecule has 1 heterocycles. The average molecular weight is 567 g/mol. The van der Waals surface area contributed by atoms with Crippen LogP contribution in [0.15, 0.2) is 48.5 Å². The highest BCUT2D eigenvalue weighted by atomic mass is 19.1. The van der Waals surface area contributed by atoms with Gasteiger partial charge in [0, 0.05) is 30.3 Å². The Morgan fingerprint density at radius 2 is 1.80 bits per heavy atom. The third-order valence-corrected chi connectivity index (χ3v) is 6.84. The van der Waals surface area contributed by atoms with Gasteiger partial charge in [-0.25, -0.2) is 9.18 Å². The highest BCUT2D eigenvalue weighted by Crippen LogP contribution is 2.45. The number of anilines is 2. The van der Waals surface area contributed by atoms with Gasteiger partial charge in [0.1, 0.15) is 54.5 Å². The summed E-state index contributed by atoms with van der Waals surface area (Å²) < 4.78 is 36.7. The van der Waals surface area contributed by atoms with Crippen molar-refractivity contribution in [2.75, 3.05) is 37.6 Å². The molecule has 0 saturated carbocycles. The lowest BCUT2D eigenvalue weighted by Gasteiger charge is -2.39. The lowest BCUT2D eigenvalue weighted by Crippen LogP contribution is -2.52. The first kappa shape index (κ1) is 29.7. The molecule has 0 saturated heterocycles. The second-order valence-electron chi connectivity index (χ2n) is 10.4. The summed E-state index contributed by atoms with van der Waals surface area (Å²) >= 11 is 0. The maximum absolute atomic E-state index is 14.0. The molecule has 218 valence electrons. The first-order valence-electron chi connectivity index (χ1n) is 13.2. The number of hydrogen-bond acceptors (Lipinski definition) is 8. The van der Waals surface area contributed by atoms with E-state index < -0.39 is 30.0 Å². The molecule has 4 rings (SSSR count). The van der Waals surface area contributed by atoms with Gasteiger partial charge in [-0.2, -0.15) is 0 Å². The number of aryl methyl sites for hydroxylation is 1. The number of likely N-dealkylation sites (N-methyl/N-ethyl adjacent to an activating group) is 1. The number of hydrogen-bond donors (Lipinski definition) is 2. The van der Waals surface area contributed by atoms with Crippen LogP contribution in [0.25, 0.3) is 11.1 Å². The van der Waals surface area contributed by atoms with E-state index in [1.807, 2.05) is 39.0 Å². The van der Waals surface area contributed by atoms with Crippen molar-refractivity contribution in [3.05, 3.63) is 65.5 Å². The highest BCUT2D eigenvalue weighted by Gasteiger charge is 2.38. The normalized spacial score (nSPS) is 14.5. The third-order valence-electron chi connectivity index (χ3n) is 6.84. The first-order valence-corrected chi connectivity index (χ1v) is 13.2. The van der Waals surface area contributed by atoms with Crippen molar-refractivity contribution >= 4 is 23.3 Å². The predicted molar refractivity (Wildman–Crippen MR) is 153 cm³/mol. The molecule has 0 unspecified atom stereocenters. The van der Waals surface area contributed by atoms with Gasteiger partial charge in [-0.3, -0.25) is 4.79 Å². The summed E-state index contributed by atoms with van der Waals surface area (Å²) in [6.45, 7) is 6.57. The fourth-order valence-electron chi connectivity index (χ4n) is 4.80. The molecule has 0 aromatic heterocycles. The van der Waals surface area contributed by atoms with Crippen LogP contribution in [-0.2, 0) is 20.9 Å². The molecule has 41 heavy (non-hydrogen) atoms. The van der Waals surface area contributed by atoms with E-state index in [1.54, 1.807) is 44.2 Å². The molecule has 1 aliphatic heterocycles. The molecular weight excluding hydrogens is 531 g/mol. The van der Waals surface area contributed by atoms with Gasteiger partial charge in [-0.05, 0) is 63.1 Å². The number of ether oxygens (including phenoxy) is 4. The molecule has 3 aromatic carbocycles. The number of methoxy groups -OCH3 is 1. The van der Waals surface area contributed by atoms with Crippen LogP contribution < -0.4 is 24.4 Å². The number of fused-ring (bicyclic) bond motifs is 1. The minimum Gasteiger partial charge on any atom is -0.496 e. The van der Waals surface area contributed by atoms with E-state index in [1.165, 1.54) is 12.1 Å². The number of nitrogens with zero attached hydrogens (tertiary/aromatic N) is 1.